The molecule has 8 heteroatoms. The summed E-state index contributed by atoms with van der Waals surface area (Å²) >= 11 is 0. The van der Waals surface area contributed by atoms with Crippen molar-refractivity contribution in [3.05, 3.63) is 54.0 Å². The van der Waals surface area contributed by atoms with E-state index in [2.05, 4.69) is 11.1 Å². The third-order valence-corrected chi connectivity index (χ3v) is 5.11. The summed E-state index contributed by atoms with van der Waals surface area (Å²) in [6.07, 6.45) is 7.64. The van der Waals surface area contributed by atoms with Crippen LogP contribution in [-0.2, 0) is 19.1 Å². The van der Waals surface area contributed by atoms with E-state index in [4.69, 9.17) is 10.5 Å². The van der Waals surface area contributed by atoms with Crippen LogP contribution in [0, 0.1) is 16.7 Å². The van der Waals surface area contributed by atoms with Crippen molar-refractivity contribution in [2.75, 3.05) is 7.11 Å². The lowest BCUT2D eigenvalue weighted by Gasteiger charge is -2.32. The fourth-order valence-corrected chi connectivity index (χ4v) is 3.95. The number of allylic oxidation sites excluding steroid dienone is 2. The zero-order chi connectivity index (χ0) is 19.8. The number of ether oxygens (including phenoxy) is 1. The average Bonchev–Trinajstić information content (AvgIpc) is 2.98. The number of fused-ring (bicyclic) bond motifs is 1. The van der Waals surface area contributed by atoms with Crippen LogP contribution in [0.3, 0.4) is 0 Å². The highest BCUT2D eigenvalue weighted by molar-refractivity contribution is 5.97. The monoisotopic (exact) mass is 366 g/mol. The van der Waals surface area contributed by atoms with Gasteiger partial charge in [0.15, 0.2) is 11.2 Å². The number of ketones is 1. The number of nitrogens with two attached hydrogens (primary N) is 1. The Morgan fingerprint density at radius 3 is 2.67 bits per heavy atom. The minimum absolute atomic E-state index is 0.210. The number of nitriles is 1. The van der Waals surface area contributed by atoms with Gasteiger partial charge in [0.2, 0.25) is 5.91 Å². The predicted octanol–water partition coefficient (Wildman–Crippen LogP) is 0.429. The van der Waals surface area contributed by atoms with Gasteiger partial charge >= 0.3 is 5.97 Å². The van der Waals surface area contributed by atoms with Gasteiger partial charge in [-0.3, -0.25) is 19.4 Å². The van der Waals surface area contributed by atoms with Crippen molar-refractivity contribution in [3.63, 3.8) is 0 Å². The van der Waals surface area contributed by atoms with Gasteiger partial charge in [-0.05, 0) is 18.6 Å². The number of carbonyl (C=O) groups excluding carboxylic acids is 3. The second kappa shape index (κ2) is 6.68. The molecule has 2 N–H and O–H groups in total. The van der Waals surface area contributed by atoms with Gasteiger partial charge in [0.05, 0.1) is 19.2 Å². The number of hydrogen-bond acceptors (Lipinski definition) is 7. The van der Waals surface area contributed by atoms with Crippen LogP contribution in [0.25, 0.3) is 0 Å². The van der Waals surface area contributed by atoms with Crippen LogP contribution in [0.2, 0.25) is 0 Å². The number of nitrogens with zero attached hydrogens (tertiary/aromatic N) is 3. The van der Waals surface area contributed by atoms with Gasteiger partial charge in [-0.25, -0.2) is 0 Å². The second-order valence-electron chi connectivity index (χ2n) is 6.48. The van der Waals surface area contributed by atoms with Crippen LogP contribution in [-0.4, -0.2) is 46.7 Å². The molecule has 0 aliphatic carbocycles. The van der Waals surface area contributed by atoms with E-state index in [9.17, 15) is 19.6 Å². The van der Waals surface area contributed by atoms with E-state index in [0.717, 1.165) is 0 Å². The number of rotatable bonds is 4. The Labute approximate surface area is 155 Å². The fourth-order valence-electron chi connectivity index (χ4n) is 3.95. The summed E-state index contributed by atoms with van der Waals surface area (Å²) in [5, 5.41) is 10.1. The lowest BCUT2D eigenvalue weighted by Crippen LogP contribution is -2.45. The first-order valence-electron chi connectivity index (χ1n) is 8.25. The molecule has 0 spiro atoms. The number of amides is 1. The van der Waals surface area contributed by atoms with E-state index in [1.165, 1.54) is 31.3 Å². The largest absolute Gasteiger partial charge is 0.468 e. The molecule has 0 saturated carbocycles. The maximum atomic E-state index is 12.8. The van der Waals surface area contributed by atoms with Gasteiger partial charge in [-0.2, -0.15) is 5.26 Å². The smallest absolute Gasteiger partial charge is 0.329 e. The fraction of sp³-hybridized carbons (Fsp3) is 0.316. The molecule has 0 bridgehead atoms. The number of hydrogen-bond donors (Lipinski definition) is 1. The second-order valence-corrected chi connectivity index (χ2v) is 6.48. The molecule has 0 aromatic carbocycles. The Balaban J connectivity index is 2.29. The molecule has 4 atom stereocenters. The topological polar surface area (TPSA) is 126 Å². The Kier molecular flexibility index (Phi) is 4.54. The van der Waals surface area contributed by atoms with Crippen molar-refractivity contribution in [2.45, 2.75) is 24.9 Å². The van der Waals surface area contributed by atoms with Crippen LogP contribution in [0.4, 0.5) is 0 Å². The predicted molar refractivity (Wildman–Crippen MR) is 93.6 cm³/mol. The molecular weight excluding hydrogens is 348 g/mol. The van der Waals surface area contributed by atoms with Crippen LogP contribution >= 0.6 is 0 Å². The number of primary amides is 1. The molecule has 8 nitrogen and oxygen atoms in total. The minimum Gasteiger partial charge on any atom is -0.468 e. The van der Waals surface area contributed by atoms with E-state index >= 15 is 0 Å². The van der Waals surface area contributed by atoms with Crippen molar-refractivity contribution in [3.8, 4) is 6.07 Å². The maximum Gasteiger partial charge on any atom is 0.329 e. The number of esters is 1. The molecule has 138 valence electrons. The third-order valence-electron chi connectivity index (χ3n) is 5.11. The maximum absolute atomic E-state index is 12.8. The molecule has 1 amide bonds. The summed E-state index contributed by atoms with van der Waals surface area (Å²) in [5.41, 5.74) is 4.80. The third kappa shape index (κ3) is 2.59. The molecule has 2 aliphatic heterocycles. The van der Waals surface area contributed by atoms with Gasteiger partial charge < -0.3 is 15.4 Å². The molecule has 1 aromatic rings. The molecule has 1 fully saturated rings. The molecule has 27 heavy (non-hydrogen) atoms. The van der Waals surface area contributed by atoms with Gasteiger partial charge in [0.25, 0.3) is 0 Å². The quantitative estimate of drug-likeness (QED) is 0.766. The van der Waals surface area contributed by atoms with Gasteiger partial charge in [-0.15, -0.1) is 0 Å². The zero-order valence-corrected chi connectivity index (χ0v) is 14.8. The van der Waals surface area contributed by atoms with Crippen LogP contribution < -0.4 is 5.73 Å². The van der Waals surface area contributed by atoms with Crippen molar-refractivity contribution in [1.29, 1.82) is 5.26 Å². The molecular formula is C19H18N4O4. The first-order chi connectivity index (χ1) is 12.9. The van der Waals surface area contributed by atoms with E-state index < -0.39 is 35.3 Å². The lowest BCUT2D eigenvalue weighted by atomic mass is 9.69. The number of pyridine rings is 1. The van der Waals surface area contributed by atoms with Gasteiger partial charge in [0, 0.05) is 30.1 Å². The van der Waals surface area contributed by atoms with Crippen LogP contribution in [0.1, 0.15) is 18.4 Å². The molecule has 1 saturated heterocycles. The van der Waals surface area contributed by atoms with Crippen molar-refractivity contribution in [1.82, 2.24) is 9.88 Å². The normalized spacial score (nSPS) is 28.7. The Bertz CT molecular complexity index is 902. The number of Topliss-reactive ketones (excluding diaryl/α,β-unsaturated/α-hetero) is 1. The highest BCUT2D eigenvalue weighted by atomic mass is 16.5. The highest BCUT2D eigenvalue weighted by Gasteiger charge is 2.66. The highest BCUT2D eigenvalue weighted by Crippen LogP contribution is 2.53. The SMILES string of the molecule is COC(=O)[C@]1(C#N)[C@@H]2C=CC(C(C)=O)=CN2[C@@H](C(N)=O)[C@@H]1c1cccnc1. The summed E-state index contributed by atoms with van der Waals surface area (Å²) in [4.78, 5) is 42.6. The molecule has 1 aromatic heterocycles. The van der Waals surface area contributed by atoms with Crippen molar-refractivity contribution in [2.24, 2.45) is 11.1 Å². The first-order valence-corrected chi connectivity index (χ1v) is 8.25. The summed E-state index contributed by atoms with van der Waals surface area (Å²) in [6.45, 7) is 1.39. The number of methoxy groups -OCH3 is 1. The molecule has 3 heterocycles. The molecule has 0 unspecified atom stereocenters. The number of aromatic nitrogens is 1. The number of carbonyl (C=O) groups is 3. The van der Waals surface area contributed by atoms with E-state index in [1.807, 2.05) is 0 Å². The average molecular weight is 366 g/mol. The van der Waals surface area contributed by atoms with E-state index in [0.29, 0.717) is 11.1 Å². The molecule has 2 aliphatic rings. The van der Waals surface area contributed by atoms with Crippen LogP contribution in [0.5, 0.6) is 0 Å². The molecule has 3 rings (SSSR count). The Morgan fingerprint density at radius 2 is 2.15 bits per heavy atom. The van der Waals surface area contributed by atoms with Crippen LogP contribution in [0.15, 0.2) is 48.5 Å². The summed E-state index contributed by atoms with van der Waals surface area (Å²) < 4.78 is 4.95. The van der Waals surface area contributed by atoms with Crippen molar-refractivity contribution >= 4 is 17.7 Å². The summed E-state index contributed by atoms with van der Waals surface area (Å²) in [5.74, 6) is -2.62. The lowest BCUT2D eigenvalue weighted by molar-refractivity contribution is -0.150. The zero-order valence-electron chi connectivity index (χ0n) is 14.8. The Hall–Kier alpha value is -3.47. The summed E-state index contributed by atoms with van der Waals surface area (Å²) in [7, 11) is 1.19. The molecule has 0 radical (unpaired) electrons. The van der Waals surface area contributed by atoms with E-state index in [-0.39, 0.29) is 5.78 Å². The minimum atomic E-state index is -1.73. The standard InChI is InChI=1S/C19H18N4O4/c1-11(24)13-5-6-14-19(10-20,18(26)27-2)15(12-4-3-7-22-8-12)16(17(21)25)23(14)9-13/h3-9,14-16H,1-2H3,(H2,21,25)/t14-,15-,16+,19+/m0/s1. The first kappa shape index (κ1) is 18.3. The summed E-state index contributed by atoms with van der Waals surface area (Å²) in [6, 6.07) is 3.57. The Morgan fingerprint density at radius 1 is 1.41 bits per heavy atom. The van der Waals surface area contributed by atoms with Gasteiger partial charge in [-0.1, -0.05) is 18.2 Å². The van der Waals surface area contributed by atoms with Gasteiger partial charge in [0.1, 0.15) is 6.04 Å². The van der Waals surface area contributed by atoms with E-state index in [1.54, 1.807) is 30.5 Å². The van der Waals surface area contributed by atoms with Crippen molar-refractivity contribution < 1.29 is 19.1 Å².